The van der Waals surface area contributed by atoms with E-state index in [2.05, 4.69) is 19.2 Å². The first-order valence-corrected chi connectivity index (χ1v) is 24.7. The quantitative estimate of drug-likeness (QED) is 0.0577. The van der Waals surface area contributed by atoms with Crippen LogP contribution in [-0.2, 0) is 61.3 Å². The first-order valence-electron chi connectivity index (χ1n) is 22.5. The van der Waals surface area contributed by atoms with Crippen molar-refractivity contribution in [3.05, 3.63) is 110 Å². The van der Waals surface area contributed by atoms with Crippen LogP contribution in [0.1, 0.15) is 101 Å². The number of fused-ring (bicyclic) bond motifs is 2. The maximum atomic E-state index is 14.0. The molecule has 5 atom stereocenters. The molecule has 3 N–H and O–H groups in total. The number of carbonyl (C=O) groups is 3. The number of sulfonamides is 1. The number of benzene rings is 3. The summed E-state index contributed by atoms with van der Waals surface area (Å²) in [7, 11) is -2.53. The number of carboxylic acid groups (broad SMARTS) is 1. The molecule has 0 spiro atoms. The van der Waals surface area contributed by atoms with Crippen molar-refractivity contribution >= 4 is 44.8 Å². The predicted octanol–water partition coefficient (Wildman–Crippen LogP) is 7.96. The number of Topliss-reactive ketones (excluding diaryl/α,β-unsaturated/α-hetero) is 1. The summed E-state index contributed by atoms with van der Waals surface area (Å²) in [6, 6.07) is 21.0. The Morgan fingerprint density at radius 2 is 1.71 bits per heavy atom. The van der Waals surface area contributed by atoms with Gasteiger partial charge in [-0.15, -0.1) is 11.3 Å². The molecule has 2 aliphatic heterocycles. The minimum Gasteiger partial charge on any atom is -0.497 e. The number of carboxylic acids is 1. The lowest BCUT2D eigenvalue weighted by atomic mass is 9.76. The Bertz CT molecular complexity index is 2450. The van der Waals surface area contributed by atoms with Gasteiger partial charge in [-0.1, -0.05) is 64.1 Å². The van der Waals surface area contributed by atoms with Crippen molar-refractivity contribution < 1.29 is 52.0 Å². The van der Waals surface area contributed by atoms with Crippen LogP contribution in [-0.4, -0.2) is 92.1 Å². The van der Waals surface area contributed by atoms with E-state index in [1.807, 2.05) is 63.2 Å². The van der Waals surface area contributed by atoms with Crippen molar-refractivity contribution in [1.29, 1.82) is 0 Å². The van der Waals surface area contributed by atoms with Crippen LogP contribution in [0.3, 0.4) is 0 Å². The summed E-state index contributed by atoms with van der Waals surface area (Å²) >= 11 is 1.45. The molecule has 0 bridgehead atoms. The maximum Gasteiger partial charge on any atom is 0.337 e. The Morgan fingerprint density at radius 3 is 2.40 bits per heavy atom. The molecule has 0 saturated carbocycles. The highest BCUT2D eigenvalue weighted by atomic mass is 32.2. The Balaban J connectivity index is 1.05. The van der Waals surface area contributed by atoms with Gasteiger partial charge in [-0.2, -0.15) is 4.31 Å². The number of ketones is 1. The van der Waals surface area contributed by atoms with Crippen molar-refractivity contribution in [2.75, 3.05) is 38.7 Å². The Hall–Kier alpha value is -4.64. The van der Waals surface area contributed by atoms with Gasteiger partial charge in [0.15, 0.2) is 11.6 Å². The highest BCUT2D eigenvalue weighted by Gasteiger charge is 2.53. The molecule has 0 unspecified atom stereocenters. The smallest absolute Gasteiger partial charge is 0.337 e. The van der Waals surface area contributed by atoms with Gasteiger partial charge in [0.05, 0.1) is 49.2 Å². The van der Waals surface area contributed by atoms with Crippen molar-refractivity contribution in [2.45, 2.75) is 109 Å². The highest BCUT2D eigenvalue weighted by molar-refractivity contribution is 7.89. The Kier molecular flexibility index (Phi) is 14.9. The normalized spacial score (nSPS) is 21.1. The zero-order valence-corrected chi connectivity index (χ0v) is 39.8. The van der Waals surface area contributed by atoms with E-state index in [1.165, 1.54) is 34.9 Å². The number of ether oxygens (including phenoxy) is 4. The van der Waals surface area contributed by atoms with Gasteiger partial charge in [-0.25, -0.2) is 13.2 Å². The molecule has 1 aliphatic carbocycles. The van der Waals surface area contributed by atoms with E-state index in [0.29, 0.717) is 42.2 Å². The van der Waals surface area contributed by atoms with Gasteiger partial charge in [0, 0.05) is 53.0 Å². The molecule has 3 aromatic carbocycles. The lowest BCUT2D eigenvalue weighted by Gasteiger charge is -2.30. The number of aryl methyl sites for hydroxylation is 1. The molecule has 65 heavy (non-hydrogen) atoms. The molecule has 13 nitrogen and oxygen atoms in total. The lowest BCUT2D eigenvalue weighted by molar-refractivity contribution is -0.181. The van der Waals surface area contributed by atoms with E-state index in [9.17, 15) is 33.0 Å². The van der Waals surface area contributed by atoms with Crippen LogP contribution in [0.15, 0.2) is 77.7 Å². The molecule has 4 aromatic rings. The van der Waals surface area contributed by atoms with Crippen LogP contribution in [0.2, 0.25) is 0 Å². The first-order chi connectivity index (χ1) is 30.9. The Morgan fingerprint density at radius 1 is 0.985 bits per heavy atom. The summed E-state index contributed by atoms with van der Waals surface area (Å²) in [6.07, 6.45) is 1.53. The van der Waals surface area contributed by atoms with Gasteiger partial charge in [0.1, 0.15) is 11.9 Å². The third-order valence-electron chi connectivity index (χ3n) is 13.0. The molecule has 350 valence electrons. The topological polar surface area (TPSA) is 178 Å². The van der Waals surface area contributed by atoms with Crippen LogP contribution < -0.4 is 10.1 Å². The number of hydrogen-bond donors (Lipinski definition) is 3. The van der Waals surface area contributed by atoms with Crippen molar-refractivity contribution in [1.82, 2.24) is 4.31 Å². The average molecular weight is 931 g/mol. The van der Waals surface area contributed by atoms with Crippen molar-refractivity contribution in [2.24, 2.45) is 23.2 Å². The van der Waals surface area contributed by atoms with Gasteiger partial charge < -0.3 is 34.5 Å². The summed E-state index contributed by atoms with van der Waals surface area (Å²) in [6.45, 7) is 10.9. The molecule has 3 aliphatic rings. The van der Waals surface area contributed by atoms with E-state index in [-0.39, 0.29) is 72.5 Å². The molecule has 1 aromatic heterocycles. The average Bonchev–Trinajstić information content (AvgIpc) is 3.92. The summed E-state index contributed by atoms with van der Waals surface area (Å²) in [5.41, 5.74) is 4.05. The van der Waals surface area contributed by atoms with Crippen LogP contribution in [0.25, 0.3) is 0 Å². The van der Waals surface area contributed by atoms with E-state index < -0.39 is 45.9 Å². The zero-order chi connectivity index (χ0) is 46.7. The molecule has 3 heterocycles. The number of rotatable bonds is 20. The van der Waals surface area contributed by atoms with Gasteiger partial charge >= 0.3 is 11.9 Å². The second-order valence-electron chi connectivity index (χ2n) is 19.0. The number of hydrogen-bond acceptors (Lipinski definition) is 12. The number of nitrogens with one attached hydrogen (secondary N) is 1. The van der Waals surface area contributed by atoms with E-state index in [1.54, 1.807) is 18.2 Å². The molecule has 2 saturated heterocycles. The molecule has 0 radical (unpaired) electrons. The lowest BCUT2D eigenvalue weighted by Crippen LogP contribution is -2.43. The number of anilines is 1. The Labute approximate surface area is 386 Å². The molecule has 2 fully saturated rings. The molecular weight excluding hydrogens is 869 g/mol. The van der Waals surface area contributed by atoms with Gasteiger partial charge in [-0.3, -0.25) is 9.59 Å². The SMILES string of the molecule is COc1ccc(S(=O)(=O)N(CC(C)C)C[C@@H](O)[C@@H](CC(=O)O[C@H]2CO[C@@]3(C)OCC[C@@H]23)Cc2ccc(NCc3ccccc3C(=O)Cc3sc4c(c3C(=O)O)CC(C)(C)CC4)cc2)cc1. The molecular formula is C50H62N2O11S2. The van der Waals surface area contributed by atoms with Crippen LogP contribution in [0.5, 0.6) is 5.75 Å². The number of methoxy groups -OCH3 is 1. The fraction of sp³-hybridized carbons (Fsp3) is 0.500. The van der Waals surface area contributed by atoms with Crippen LogP contribution >= 0.6 is 11.3 Å². The number of esters is 1. The highest BCUT2D eigenvalue weighted by Crippen LogP contribution is 2.43. The number of aliphatic hydroxyl groups is 1. The maximum absolute atomic E-state index is 14.0. The van der Waals surface area contributed by atoms with Gasteiger partial charge in [0.2, 0.25) is 10.0 Å². The standard InChI is InChI=1S/C50H62N2O11S2/c1-31(2)28-52(65(58,59)37-17-15-36(60-6)16-18-37)29-42(54)34(24-46(55)63-43-30-62-50(5)40(43)20-22-61-50)23-32-11-13-35(14-12-32)51-27-33-9-7-8-10-38(33)41(53)25-45-47(48(56)57)39-26-49(3,4)21-19-44(39)64-45/h7-18,31,34,40,42-43,51,54H,19-30H2,1-6H3,(H,56,57)/t34-,40+,42-,43+,50-/m1/s1. The van der Waals surface area contributed by atoms with Crippen LogP contribution in [0.4, 0.5) is 5.69 Å². The number of aliphatic hydroxyl groups excluding tert-OH is 1. The van der Waals surface area contributed by atoms with Crippen molar-refractivity contribution in [3.63, 3.8) is 0 Å². The van der Waals surface area contributed by atoms with E-state index in [0.717, 1.165) is 40.1 Å². The third-order valence-corrected chi connectivity index (χ3v) is 16.2. The molecule has 0 amide bonds. The van der Waals surface area contributed by atoms with E-state index >= 15 is 0 Å². The fourth-order valence-corrected chi connectivity index (χ4v) is 12.4. The number of aromatic carboxylic acids is 1. The monoisotopic (exact) mass is 930 g/mol. The number of nitrogens with zero attached hydrogens (tertiary/aromatic N) is 1. The molecule has 15 heteroatoms. The second-order valence-corrected chi connectivity index (χ2v) is 22.1. The summed E-state index contributed by atoms with van der Waals surface area (Å²) < 4.78 is 52.2. The minimum absolute atomic E-state index is 0.00568. The molecule has 7 rings (SSSR count). The van der Waals surface area contributed by atoms with Crippen LogP contribution in [0, 0.1) is 23.2 Å². The summed E-state index contributed by atoms with van der Waals surface area (Å²) in [5, 5.41) is 25.6. The zero-order valence-electron chi connectivity index (χ0n) is 38.1. The second kappa shape index (κ2) is 20.1. The summed E-state index contributed by atoms with van der Waals surface area (Å²) in [4.78, 5) is 41.7. The van der Waals surface area contributed by atoms with Gasteiger partial charge in [-0.05, 0) is 103 Å². The van der Waals surface area contributed by atoms with Crippen molar-refractivity contribution in [3.8, 4) is 5.75 Å². The number of carbonyl (C=O) groups excluding carboxylic acids is 2. The predicted molar refractivity (Wildman–Crippen MR) is 248 cm³/mol. The first kappa shape index (κ1) is 48.3. The minimum atomic E-state index is -4.04. The summed E-state index contributed by atoms with van der Waals surface area (Å²) in [5.74, 6) is -2.82. The van der Waals surface area contributed by atoms with E-state index in [4.69, 9.17) is 18.9 Å². The third kappa shape index (κ3) is 11.3. The number of thiophene rings is 1. The largest absolute Gasteiger partial charge is 0.497 e. The fourth-order valence-electron chi connectivity index (χ4n) is 9.41. The van der Waals surface area contributed by atoms with Gasteiger partial charge in [0.25, 0.3) is 0 Å².